The molecule has 0 heterocycles. The maximum Gasteiger partial charge on any atom is 0.251 e. The molecule has 0 aliphatic heterocycles. The van der Waals surface area contributed by atoms with Crippen molar-refractivity contribution < 1.29 is 9.53 Å². The smallest absolute Gasteiger partial charge is 0.251 e. The van der Waals surface area contributed by atoms with Crippen LogP contribution >= 0.6 is 0 Å². The number of aryl methyl sites for hydroxylation is 1. The van der Waals surface area contributed by atoms with E-state index < -0.39 is 0 Å². The third-order valence-corrected chi connectivity index (χ3v) is 4.17. The molecule has 22 heavy (non-hydrogen) atoms. The second kappa shape index (κ2) is 6.22. The standard InChI is InChI=1S/C19H21NO2/c1-13-3-5-16(6-4-13)19(21)20-18(14-7-8-14)15-9-11-17(22-2)12-10-15/h3-6,9-12,14,18H,7-8H2,1-2H3,(H,20,21). The number of benzene rings is 2. The Morgan fingerprint density at radius 1 is 1.09 bits per heavy atom. The van der Waals surface area contributed by atoms with Gasteiger partial charge in [-0.15, -0.1) is 0 Å². The highest BCUT2D eigenvalue weighted by molar-refractivity contribution is 5.94. The van der Waals surface area contributed by atoms with Gasteiger partial charge in [0.15, 0.2) is 0 Å². The van der Waals surface area contributed by atoms with Crippen molar-refractivity contribution in [2.24, 2.45) is 5.92 Å². The molecule has 1 saturated carbocycles. The van der Waals surface area contributed by atoms with E-state index in [1.165, 1.54) is 12.8 Å². The van der Waals surface area contributed by atoms with Crippen LogP contribution in [-0.4, -0.2) is 13.0 Å². The van der Waals surface area contributed by atoms with Crippen molar-refractivity contribution in [1.82, 2.24) is 5.32 Å². The summed E-state index contributed by atoms with van der Waals surface area (Å²) >= 11 is 0. The Balaban J connectivity index is 1.76. The number of rotatable bonds is 5. The summed E-state index contributed by atoms with van der Waals surface area (Å²) in [6.07, 6.45) is 2.34. The zero-order valence-electron chi connectivity index (χ0n) is 13.0. The van der Waals surface area contributed by atoms with Gasteiger partial charge >= 0.3 is 0 Å². The quantitative estimate of drug-likeness (QED) is 0.909. The molecule has 3 heteroatoms. The number of methoxy groups -OCH3 is 1. The molecule has 2 aromatic carbocycles. The SMILES string of the molecule is COc1ccc(C(NC(=O)c2ccc(C)cc2)C2CC2)cc1. The van der Waals surface area contributed by atoms with E-state index in [0.29, 0.717) is 11.5 Å². The predicted molar refractivity (Wildman–Crippen MR) is 87.1 cm³/mol. The van der Waals surface area contributed by atoms with Crippen LogP contribution in [0.5, 0.6) is 5.75 Å². The molecule has 3 rings (SSSR count). The van der Waals surface area contributed by atoms with Gasteiger partial charge in [0.2, 0.25) is 0 Å². The van der Waals surface area contributed by atoms with E-state index in [2.05, 4.69) is 5.32 Å². The van der Waals surface area contributed by atoms with E-state index in [9.17, 15) is 4.79 Å². The minimum absolute atomic E-state index is 0.00674. The zero-order chi connectivity index (χ0) is 15.5. The fourth-order valence-corrected chi connectivity index (χ4v) is 2.64. The molecule has 0 saturated heterocycles. The molecule has 0 aromatic heterocycles. The second-order valence-corrected chi connectivity index (χ2v) is 5.93. The van der Waals surface area contributed by atoms with Gasteiger partial charge in [-0.25, -0.2) is 0 Å². The van der Waals surface area contributed by atoms with Crippen LogP contribution in [0.15, 0.2) is 48.5 Å². The van der Waals surface area contributed by atoms with Gasteiger partial charge in [0.1, 0.15) is 5.75 Å². The monoisotopic (exact) mass is 295 g/mol. The van der Waals surface area contributed by atoms with Gasteiger partial charge in [-0.2, -0.15) is 0 Å². The lowest BCUT2D eigenvalue weighted by Crippen LogP contribution is -2.29. The van der Waals surface area contributed by atoms with Gasteiger partial charge in [-0.1, -0.05) is 29.8 Å². The normalized spacial score (nSPS) is 15.2. The summed E-state index contributed by atoms with van der Waals surface area (Å²) < 4.78 is 5.20. The summed E-state index contributed by atoms with van der Waals surface area (Å²) in [4.78, 5) is 12.5. The molecule has 1 fully saturated rings. The molecule has 0 spiro atoms. The molecule has 1 aliphatic carbocycles. The van der Waals surface area contributed by atoms with Crippen LogP contribution in [0.1, 0.15) is 40.4 Å². The van der Waals surface area contributed by atoms with E-state index in [4.69, 9.17) is 4.74 Å². The molecule has 114 valence electrons. The Hall–Kier alpha value is -2.29. The molecular weight excluding hydrogens is 274 g/mol. The fourth-order valence-electron chi connectivity index (χ4n) is 2.64. The number of ether oxygens (including phenoxy) is 1. The van der Waals surface area contributed by atoms with E-state index in [1.807, 2.05) is 55.5 Å². The maximum atomic E-state index is 12.5. The van der Waals surface area contributed by atoms with Crippen molar-refractivity contribution in [3.63, 3.8) is 0 Å². The van der Waals surface area contributed by atoms with Gasteiger partial charge in [0.05, 0.1) is 13.2 Å². The zero-order valence-corrected chi connectivity index (χ0v) is 13.0. The van der Waals surface area contributed by atoms with Crippen molar-refractivity contribution in [2.75, 3.05) is 7.11 Å². The summed E-state index contributed by atoms with van der Waals surface area (Å²) in [6, 6.07) is 15.7. The van der Waals surface area contributed by atoms with Gasteiger partial charge in [-0.3, -0.25) is 4.79 Å². The van der Waals surface area contributed by atoms with Crippen molar-refractivity contribution in [1.29, 1.82) is 0 Å². The molecule has 0 radical (unpaired) electrons. The average Bonchev–Trinajstić information content (AvgIpc) is 3.38. The van der Waals surface area contributed by atoms with Crippen LogP contribution < -0.4 is 10.1 Å². The number of amides is 1. The minimum atomic E-state index is -0.00674. The van der Waals surface area contributed by atoms with Gasteiger partial charge in [0, 0.05) is 5.56 Å². The lowest BCUT2D eigenvalue weighted by atomic mass is 10.0. The Kier molecular flexibility index (Phi) is 4.14. The first-order chi connectivity index (χ1) is 10.7. The molecular formula is C19H21NO2. The van der Waals surface area contributed by atoms with E-state index >= 15 is 0 Å². The first kappa shape index (κ1) is 14.6. The topological polar surface area (TPSA) is 38.3 Å². The molecule has 1 aliphatic rings. The van der Waals surface area contributed by atoms with Crippen LogP contribution in [0.3, 0.4) is 0 Å². The maximum absolute atomic E-state index is 12.5. The Morgan fingerprint density at radius 3 is 2.27 bits per heavy atom. The first-order valence-electron chi connectivity index (χ1n) is 7.69. The van der Waals surface area contributed by atoms with E-state index in [0.717, 1.165) is 16.9 Å². The van der Waals surface area contributed by atoms with Gasteiger partial charge in [0.25, 0.3) is 5.91 Å². The highest BCUT2D eigenvalue weighted by Crippen LogP contribution is 2.41. The van der Waals surface area contributed by atoms with Crippen LogP contribution in [0.4, 0.5) is 0 Å². The van der Waals surface area contributed by atoms with Gasteiger partial charge < -0.3 is 10.1 Å². The molecule has 1 atom stereocenters. The third kappa shape index (κ3) is 3.30. The van der Waals surface area contributed by atoms with Crippen molar-refractivity contribution in [3.05, 3.63) is 65.2 Å². The van der Waals surface area contributed by atoms with Crippen molar-refractivity contribution in [3.8, 4) is 5.75 Å². The number of hydrogen-bond acceptors (Lipinski definition) is 2. The second-order valence-electron chi connectivity index (χ2n) is 5.93. The Labute approximate surface area is 131 Å². The van der Waals surface area contributed by atoms with Gasteiger partial charge in [-0.05, 0) is 55.5 Å². The van der Waals surface area contributed by atoms with Crippen LogP contribution in [0.25, 0.3) is 0 Å². The lowest BCUT2D eigenvalue weighted by molar-refractivity contribution is 0.0931. The average molecular weight is 295 g/mol. The van der Waals surface area contributed by atoms with Crippen molar-refractivity contribution in [2.45, 2.75) is 25.8 Å². The molecule has 2 aromatic rings. The van der Waals surface area contributed by atoms with Crippen LogP contribution in [-0.2, 0) is 0 Å². The molecule has 1 amide bonds. The highest BCUT2D eigenvalue weighted by atomic mass is 16.5. The first-order valence-corrected chi connectivity index (χ1v) is 7.69. The highest BCUT2D eigenvalue weighted by Gasteiger charge is 2.33. The summed E-state index contributed by atoms with van der Waals surface area (Å²) in [5.41, 5.74) is 3.01. The summed E-state index contributed by atoms with van der Waals surface area (Å²) in [7, 11) is 1.66. The Morgan fingerprint density at radius 2 is 1.73 bits per heavy atom. The number of carbonyl (C=O) groups is 1. The Bertz CT molecular complexity index is 642. The number of hydrogen-bond donors (Lipinski definition) is 1. The van der Waals surface area contributed by atoms with E-state index in [-0.39, 0.29) is 11.9 Å². The molecule has 0 bridgehead atoms. The minimum Gasteiger partial charge on any atom is -0.497 e. The summed E-state index contributed by atoms with van der Waals surface area (Å²) in [6.45, 7) is 2.02. The predicted octanol–water partition coefficient (Wildman–Crippen LogP) is 3.88. The largest absolute Gasteiger partial charge is 0.497 e. The number of carbonyl (C=O) groups excluding carboxylic acids is 1. The molecule has 3 nitrogen and oxygen atoms in total. The number of nitrogens with one attached hydrogen (secondary N) is 1. The van der Waals surface area contributed by atoms with Crippen LogP contribution in [0.2, 0.25) is 0 Å². The van der Waals surface area contributed by atoms with E-state index in [1.54, 1.807) is 7.11 Å². The summed E-state index contributed by atoms with van der Waals surface area (Å²) in [5, 5.41) is 3.19. The summed E-state index contributed by atoms with van der Waals surface area (Å²) in [5.74, 6) is 1.37. The molecule has 1 N–H and O–H groups in total. The lowest BCUT2D eigenvalue weighted by Gasteiger charge is -2.19. The molecule has 1 unspecified atom stereocenters. The fraction of sp³-hybridized carbons (Fsp3) is 0.316. The third-order valence-electron chi connectivity index (χ3n) is 4.17. The van der Waals surface area contributed by atoms with Crippen molar-refractivity contribution >= 4 is 5.91 Å². The van der Waals surface area contributed by atoms with Crippen LogP contribution in [0, 0.1) is 12.8 Å².